The van der Waals surface area contributed by atoms with Crippen molar-refractivity contribution in [2.24, 2.45) is 0 Å². The highest BCUT2D eigenvalue weighted by Gasteiger charge is 2.08. The fourth-order valence-corrected chi connectivity index (χ4v) is 2.47. The van der Waals surface area contributed by atoms with Crippen molar-refractivity contribution in [2.45, 2.75) is 11.2 Å². The third kappa shape index (κ3) is 3.55. The van der Waals surface area contributed by atoms with E-state index in [1.54, 1.807) is 12.1 Å². The van der Waals surface area contributed by atoms with Crippen molar-refractivity contribution in [1.82, 2.24) is 0 Å². The molecular formula is C14H11BrClF. The highest BCUT2D eigenvalue weighted by Crippen LogP contribution is 2.28. The Balaban J connectivity index is 2.11. The first-order valence-electron chi connectivity index (χ1n) is 5.29. The summed E-state index contributed by atoms with van der Waals surface area (Å²) >= 11 is 9.44. The van der Waals surface area contributed by atoms with Gasteiger partial charge in [-0.05, 0) is 41.8 Å². The van der Waals surface area contributed by atoms with Gasteiger partial charge in [-0.1, -0.05) is 51.8 Å². The summed E-state index contributed by atoms with van der Waals surface area (Å²) in [5.74, 6) is -0.196. The minimum absolute atomic E-state index is 0.168. The van der Waals surface area contributed by atoms with E-state index < -0.39 is 0 Å². The molecule has 0 aliphatic heterocycles. The van der Waals surface area contributed by atoms with Crippen LogP contribution in [0.3, 0.4) is 0 Å². The fraction of sp³-hybridized carbons (Fsp3) is 0.143. The number of hydrogen-bond acceptors (Lipinski definition) is 0. The number of benzene rings is 2. The first kappa shape index (κ1) is 12.6. The van der Waals surface area contributed by atoms with Crippen LogP contribution in [0.5, 0.6) is 0 Å². The third-order valence-electron chi connectivity index (χ3n) is 2.54. The number of rotatable bonds is 3. The normalized spacial score (nSPS) is 12.4. The summed E-state index contributed by atoms with van der Waals surface area (Å²) < 4.78 is 13.0. The monoisotopic (exact) mass is 312 g/mol. The smallest absolute Gasteiger partial charge is 0.123 e. The molecule has 0 fully saturated rings. The van der Waals surface area contributed by atoms with Crippen LogP contribution in [0.15, 0.2) is 48.5 Å². The molecule has 2 aromatic rings. The maximum absolute atomic E-state index is 13.0. The van der Waals surface area contributed by atoms with Crippen molar-refractivity contribution in [3.8, 4) is 0 Å². The average molecular weight is 314 g/mol. The molecule has 0 spiro atoms. The predicted molar refractivity (Wildman–Crippen MR) is 73.2 cm³/mol. The first-order valence-corrected chi connectivity index (χ1v) is 6.58. The van der Waals surface area contributed by atoms with E-state index in [9.17, 15) is 4.39 Å². The van der Waals surface area contributed by atoms with Crippen molar-refractivity contribution >= 4 is 27.5 Å². The van der Waals surface area contributed by atoms with E-state index in [1.807, 2.05) is 30.3 Å². The van der Waals surface area contributed by atoms with Crippen LogP contribution in [-0.4, -0.2) is 0 Å². The molecule has 17 heavy (non-hydrogen) atoms. The van der Waals surface area contributed by atoms with Crippen molar-refractivity contribution in [3.05, 3.63) is 70.5 Å². The van der Waals surface area contributed by atoms with Gasteiger partial charge in [0.15, 0.2) is 0 Å². The summed E-state index contributed by atoms with van der Waals surface area (Å²) in [6.45, 7) is 0. The van der Waals surface area contributed by atoms with Gasteiger partial charge < -0.3 is 0 Å². The lowest BCUT2D eigenvalue weighted by Crippen LogP contribution is -1.95. The van der Waals surface area contributed by atoms with Gasteiger partial charge in [-0.2, -0.15) is 0 Å². The molecule has 0 aliphatic carbocycles. The lowest BCUT2D eigenvalue weighted by Gasteiger charge is -2.10. The van der Waals surface area contributed by atoms with Crippen LogP contribution in [0.4, 0.5) is 4.39 Å². The summed E-state index contributed by atoms with van der Waals surface area (Å²) in [6, 6.07) is 14.3. The maximum Gasteiger partial charge on any atom is 0.123 e. The number of alkyl halides is 1. The van der Waals surface area contributed by atoms with E-state index in [1.165, 1.54) is 6.07 Å². The topological polar surface area (TPSA) is 0 Å². The Morgan fingerprint density at radius 2 is 1.82 bits per heavy atom. The first-order chi connectivity index (χ1) is 8.15. The SMILES string of the molecule is Fc1cccc(CC(Br)c2ccc(Cl)cc2)c1. The van der Waals surface area contributed by atoms with E-state index in [0.29, 0.717) is 0 Å². The zero-order valence-electron chi connectivity index (χ0n) is 9.04. The Bertz CT molecular complexity index is 496. The lowest BCUT2D eigenvalue weighted by molar-refractivity contribution is 0.625. The summed E-state index contributed by atoms with van der Waals surface area (Å²) in [4.78, 5) is 0.168. The van der Waals surface area contributed by atoms with Crippen molar-refractivity contribution in [1.29, 1.82) is 0 Å². The molecule has 2 rings (SSSR count). The van der Waals surface area contributed by atoms with Crippen LogP contribution < -0.4 is 0 Å². The van der Waals surface area contributed by atoms with Crippen LogP contribution in [0.25, 0.3) is 0 Å². The molecule has 0 aromatic heterocycles. The Morgan fingerprint density at radius 1 is 1.12 bits per heavy atom. The molecule has 1 unspecified atom stereocenters. The number of halogens is 3. The summed E-state index contributed by atoms with van der Waals surface area (Å²) in [6.07, 6.45) is 0.749. The van der Waals surface area contributed by atoms with Crippen LogP contribution in [0, 0.1) is 5.82 Å². The highest BCUT2D eigenvalue weighted by atomic mass is 79.9. The van der Waals surface area contributed by atoms with Gasteiger partial charge in [-0.15, -0.1) is 0 Å². The molecule has 3 heteroatoms. The Hall–Kier alpha value is -0.860. The standard InChI is InChI=1S/C14H11BrClF/c15-14(11-4-6-12(16)7-5-11)9-10-2-1-3-13(17)8-10/h1-8,14H,9H2. The second-order valence-corrected chi connectivity index (χ2v) is 5.39. The second-order valence-electron chi connectivity index (χ2n) is 3.85. The van der Waals surface area contributed by atoms with E-state index >= 15 is 0 Å². The van der Waals surface area contributed by atoms with Gasteiger partial charge in [0.2, 0.25) is 0 Å². The predicted octanol–water partition coefficient (Wildman–Crippen LogP) is 5.16. The largest absolute Gasteiger partial charge is 0.207 e. The Kier molecular flexibility index (Phi) is 4.19. The van der Waals surface area contributed by atoms with E-state index in [0.717, 1.165) is 22.6 Å². The van der Waals surface area contributed by atoms with Crippen LogP contribution in [-0.2, 0) is 6.42 Å². The van der Waals surface area contributed by atoms with Gasteiger partial charge in [0.05, 0.1) is 0 Å². The molecule has 0 saturated heterocycles. The van der Waals surface area contributed by atoms with Gasteiger partial charge in [-0.3, -0.25) is 0 Å². The molecule has 0 nitrogen and oxygen atoms in total. The molecule has 0 heterocycles. The molecule has 1 atom stereocenters. The Labute approximate surface area is 114 Å². The van der Waals surface area contributed by atoms with Gasteiger partial charge >= 0.3 is 0 Å². The molecule has 0 amide bonds. The maximum atomic E-state index is 13.0. The molecule has 0 bridgehead atoms. The van der Waals surface area contributed by atoms with Crippen molar-refractivity contribution < 1.29 is 4.39 Å². The second kappa shape index (κ2) is 5.65. The van der Waals surface area contributed by atoms with Gasteiger partial charge in [0, 0.05) is 9.85 Å². The fourth-order valence-electron chi connectivity index (χ4n) is 1.66. The highest BCUT2D eigenvalue weighted by molar-refractivity contribution is 9.09. The quantitative estimate of drug-likeness (QED) is 0.687. The van der Waals surface area contributed by atoms with E-state index in [-0.39, 0.29) is 10.6 Å². The minimum Gasteiger partial charge on any atom is -0.207 e. The molecule has 88 valence electrons. The van der Waals surface area contributed by atoms with Gasteiger partial charge in [0.25, 0.3) is 0 Å². The zero-order chi connectivity index (χ0) is 12.3. The molecule has 0 N–H and O–H groups in total. The van der Waals surface area contributed by atoms with Crippen LogP contribution in [0.2, 0.25) is 5.02 Å². The lowest BCUT2D eigenvalue weighted by atomic mass is 10.0. The minimum atomic E-state index is -0.196. The molecule has 0 radical (unpaired) electrons. The van der Waals surface area contributed by atoms with Gasteiger partial charge in [-0.25, -0.2) is 4.39 Å². The molecule has 2 aromatic carbocycles. The van der Waals surface area contributed by atoms with Crippen molar-refractivity contribution in [3.63, 3.8) is 0 Å². The third-order valence-corrected chi connectivity index (χ3v) is 3.64. The molecule has 0 saturated carbocycles. The average Bonchev–Trinajstić information content (AvgIpc) is 2.29. The molecule has 0 aliphatic rings. The molecular weight excluding hydrogens is 303 g/mol. The van der Waals surface area contributed by atoms with E-state index in [2.05, 4.69) is 15.9 Å². The van der Waals surface area contributed by atoms with Crippen LogP contribution >= 0.6 is 27.5 Å². The zero-order valence-corrected chi connectivity index (χ0v) is 11.4. The van der Waals surface area contributed by atoms with Gasteiger partial charge in [0.1, 0.15) is 5.82 Å². The summed E-state index contributed by atoms with van der Waals surface area (Å²) in [5.41, 5.74) is 2.11. The number of hydrogen-bond donors (Lipinski definition) is 0. The summed E-state index contributed by atoms with van der Waals surface area (Å²) in [7, 11) is 0. The summed E-state index contributed by atoms with van der Waals surface area (Å²) in [5, 5.41) is 0.721. The van der Waals surface area contributed by atoms with Crippen LogP contribution in [0.1, 0.15) is 16.0 Å². The van der Waals surface area contributed by atoms with E-state index in [4.69, 9.17) is 11.6 Å². The van der Waals surface area contributed by atoms with Crippen molar-refractivity contribution in [2.75, 3.05) is 0 Å². The Morgan fingerprint density at radius 3 is 2.47 bits per heavy atom.